The average Bonchev–Trinajstić information content (AvgIpc) is 3.93. The molecule has 2 heterocycles. The van der Waals surface area contributed by atoms with Crippen LogP contribution in [0.15, 0.2) is 251 Å². The number of hydrogen-bond donors (Lipinski definition) is 0. The molecule has 0 N–H and O–H groups in total. The summed E-state index contributed by atoms with van der Waals surface area (Å²) in [4.78, 5) is 4.62. The summed E-state index contributed by atoms with van der Waals surface area (Å²) in [6.07, 6.45) is 0. The summed E-state index contributed by atoms with van der Waals surface area (Å²) in [5.74, 6) is 0. The lowest BCUT2D eigenvalue weighted by molar-refractivity contribution is 0.668. The lowest BCUT2D eigenvalue weighted by atomic mass is 10.0. The molecular formula is C60H40N2O2. The number of benzene rings is 10. The Morgan fingerprint density at radius 1 is 0.203 bits per heavy atom. The van der Waals surface area contributed by atoms with E-state index in [4.69, 9.17) is 8.83 Å². The smallest absolute Gasteiger partial charge is 0.137 e. The summed E-state index contributed by atoms with van der Waals surface area (Å²) in [5.41, 5.74) is 16.8. The Hall–Kier alpha value is -8.60. The van der Waals surface area contributed by atoms with Crippen molar-refractivity contribution in [3.05, 3.63) is 243 Å². The van der Waals surface area contributed by atoms with Crippen LogP contribution in [0.5, 0.6) is 0 Å². The van der Waals surface area contributed by atoms with Crippen molar-refractivity contribution in [3.8, 4) is 33.4 Å². The molecule has 64 heavy (non-hydrogen) atoms. The third-order valence-electron chi connectivity index (χ3n) is 12.3. The molecule has 4 nitrogen and oxygen atoms in total. The number of furan rings is 2. The molecule has 0 saturated carbocycles. The van der Waals surface area contributed by atoms with Gasteiger partial charge in [0.25, 0.3) is 0 Å². The highest BCUT2D eigenvalue weighted by Crippen LogP contribution is 2.42. The van der Waals surface area contributed by atoms with Gasteiger partial charge in [0.05, 0.1) is 0 Å². The van der Waals surface area contributed by atoms with Crippen molar-refractivity contribution in [1.29, 1.82) is 0 Å². The second kappa shape index (κ2) is 15.7. The molecule has 10 aromatic carbocycles. The van der Waals surface area contributed by atoms with Gasteiger partial charge < -0.3 is 18.6 Å². The Morgan fingerprint density at radius 3 is 0.984 bits per heavy atom. The maximum atomic E-state index is 6.37. The minimum Gasteiger partial charge on any atom is -0.456 e. The van der Waals surface area contributed by atoms with Crippen LogP contribution in [0.4, 0.5) is 34.1 Å². The van der Waals surface area contributed by atoms with Crippen molar-refractivity contribution in [3.63, 3.8) is 0 Å². The number of anilines is 6. The summed E-state index contributed by atoms with van der Waals surface area (Å²) in [5, 5.41) is 4.43. The fraction of sp³-hybridized carbons (Fsp3) is 0. The molecule has 0 atom stereocenters. The fourth-order valence-electron chi connectivity index (χ4n) is 9.07. The number of fused-ring (bicyclic) bond motifs is 6. The maximum absolute atomic E-state index is 6.37. The first-order valence-corrected chi connectivity index (χ1v) is 21.6. The van der Waals surface area contributed by atoms with Crippen LogP contribution < -0.4 is 9.80 Å². The summed E-state index contributed by atoms with van der Waals surface area (Å²) in [7, 11) is 0. The summed E-state index contributed by atoms with van der Waals surface area (Å²) < 4.78 is 12.6. The van der Waals surface area contributed by atoms with E-state index in [-0.39, 0.29) is 0 Å². The van der Waals surface area contributed by atoms with Crippen LogP contribution in [0, 0.1) is 0 Å². The molecule has 0 bridgehead atoms. The van der Waals surface area contributed by atoms with Gasteiger partial charge in [-0.15, -0.1) is 0 Å². The molecule has 0 aliphatic rings. The van der Waals surface area contributed by atoms with Crippen molar-refractivity contribution < 1.29 is 8.83 Å². The predicted molar refractivity (Wildman–Crippen MR) is 267 cm³/mol. The first-order chi connectivity index (χ1) is 31.7. The van der Waals surface area contributed by atoms with E-state index in [9.17, 15) is 0 Å². The fourth-order valence-corrected chi connectivity index (χ4v) is 9.07. The van der Waals surface area contributed by atoms with E-state index in [1.165, 1.54) is 22.3 Å². The normalized spacial score (nSPS) is 11.4. The van der Waals surface area contributed by atoms with Crippen molar-refractivity contribution >= 4 is 78.0 Å². The molecule has 12 rings (SSSR count). The van der Waals surface area contributed by atoms with Crippen LogP contribution in [0.3, 0.4) is 0 Å². The third kappa shape index (κ3) is 6.75. The van der Waals surface area contributed by atoms with Gasteiger partial charge in [0.15, 0.2) is 0 Å². The second-order valence-corrected chi connectivity index (χ2v) is 16.1. The van der Waals surface area contributed by atoms with Gasteiger partial charge in [-0.3, -0.25) is 0 Å². The molecule has 0 aliphatic heterocycles. The molecule has 0 radical (unpaired) electrons. The highest BCUT2D eigenvalue weighted by molar-refractivity contribution is 6.07. The van der Waals surface area contributed by atoms with E-state index in [0.717, 1.165) is 89.1 Å². The molecule has 0 aliphatic carbocycles. The lowest BCUT2D eigenvalue weighted by Gasteiger charge is -2.26. The van der Waals surface area contributed by atoms with Gasteiger partial charge in [-0.1, -0.05) is 146 Å². The highest BCUT2D eigenvalue weighted by Gasteiger charge is 2.18. The standard InChI is InChI=1S/C60H40N2O2/c1-3-11-41(12-4-1)43-19-27-47(28-20-43)61(51-36-38-59-56(39-51)54-16-8-10-18-58(54)63-59)48-31-23-45(24-32-48)46-25-33-50(34-26-46)62(49-29-21-44(22-30-49)42-13-5-2-6-14-42)52-35-37-55-53-15-7-9-17-57(53)64-60(55)40-52/h1-40H. The van der Waals surface area contributed by atoms with Crippen LogP contribution in [-0.4, -0.2) is 0 Å². The van der Waals surface area contributed by atoms with Gasteiger partial charge >= 0.3 is 0 Å². The molecule has 302 valence electrons. The number of hydrogen-bond acceptors (Lipinski definition) is 4. The summed E-state index contributed by atoms with van der Waals surface area (Å²) in [6.45, 7) is 0. The Labute approximate surface area is 371 Å². The van der Waals surface area contributed by atoms with Gasteiger partial charge in [-0.25, -0.2) is 0 Å². The highest BCUT2D eigenvalue weighted by atomic mass is 16.3. The van der Waals surface area contributed by atoms with Gasteiger partial charge in [-0.2, -0.15) is 0 Å². The van der Waals surface area contributed by atoms with E-state index in [0.29, 0.717) is 0 Å². The SMILES string of the molecule is c1ccc(-c2ccc(N(c3ccc(-c4ccc(N(c5ccc(-c6ccccc6)cc5)c5ccc6oc7ccccc7c6c5)cc4)cc3)c3ccc4c(c3)oc3ccccc34)cc2)cc1. The zero-order valence-electron chi connectivity index (χ0n) is 34.8. The predicted octanol–water partition coefficient (Wildman–Crippen LogP) is 17.4. The van der Waals surface area contributed by atoms with Crippen LogP contribution >= 0.6 is 0 Å². The Morgan fingerprint density at radius 2 is 0.516 bits per heavy atom. The first kappa shape index (κ1) is 37.2. The van der Waals surface area contributed by atoms with Crippen molar-refractivity contribution in [1.82, 2.24) is 0 Å². The molecule has 2 aromatic heterocycles. The Kier molecular flexibility index (Phi) is 9.12. The molecular weight excluding hydrogens is 781 g/mol. The molecule has 0 unspecified atom stereocenters. The molecule has 0 saturated heterocycles. The van der Waals surface area contributed by atoms with E-state index in [1.54, 1.807) is 0 Å². The summed E-state index contributed by atoms with van der Waals surface area (Å²) in [6, 6.07) is 85.8. The molecule has 0 spiro atoms. The van der Waals surface area contributed by atoms with Crippen molar-refractivity contribution in [2.45, 2.75) is 0 Å². The third-order valence-corrected chi connectivity index (χ3v) is 12.3. The maximum Gasteiger partial charge on any atom is 0.137 e. The average molecular weight is 821 g/mol. The van der Waals surface area contributed by atoms with Gasteiger partial charge in [0, 0.05) is 61.7 Å². The zero-order valence-corrected chi connectivity index (χ0v) is 34.8. The molecule has 0 fully saturated rings. The molecule has 0 amide bonds. The van der Waals surface area contributed by atoms with Crippen molar-refractivity contribution in [2.75, 3.05) is 9.80 Å². The number of para-hydroxylation sites is 2. The number of nitrogens with zero attached hydrogens (tertiary/aromatic N) is 2. The minimum absolute atomic E-state index is 0.862. The topological polar surface area (TPSA) is 32.8 Å². The zero-order chi connectivity index (χ0) is 42.4. The second-order valence-electron chi connectivity index (χ2n) is 16.1. The largest absolute Gasteiger partial charge is 0.456 e. The van der Waals surface area contributed by atoms with Crippen molar-refractivity contribution in [2.24, 2.45) is 0 Å². The van der Waals surface area contributed by atoms with Crippen LogP contribution in [0.25, 0.3) is 77.3 Å². The van der Waals surface area contributed by atoms with E-state index in [1.807, 2.05) is 24.3 Å². The van der Waals surface area contributed by atoms with Crippen LogP contribution in [0.1, 0.15) is 0 Å². The minimum atomic E-state index is 0.862. The van der Waals surface area contributed by atoms with Gasteiger partial charge in [-0.05, 0) is 124 Å². The van der Waals surface area contributed by atoms with E-state index < -0.39 is 0 Å². The summed E-state index contributed by atoms with van der Waals surface area (Å²) >= 11 is 0. The Bertz CT molecular complexity index is 3570. The quantitative estimate of drug-likeness (QED) is 0.145. The molecule has 4 heteroatoms. The number of rotatable bonds is 9. The van der Waals surface area contributed by atoms with E-state index >= 15 is 0 Å². The first-order valence-electron chi connectivity index (χ1n) is 21.6. The Balaban J connectivity index is 0.898. The van der Waals surface area contributed by atoms with Gasteiger partial charge in [0.2, 0.25) is 0 Å². The van der Waals surface area contributed by atoms with Crippen LogP contribution in [0.2, 0.25) is 0 Å². The lowest BCUT2D eigenvalue weighted by Crippen LogP contribution is -2.10. The monoisotopic (exact) mass is 820 g/mol. The van der Waals surface area contributed by atoms with E-state index in [2.05, 4.69) is 228 Å². The van der Waals surface area contributed by atoms with Crippen LogP contribution in [-0.2, 0) is 0 Å². The van der Waals surface area contributed by atoms with Gasteiger partial charge in [0.1, 0.15) is 22.3 Å². The molecule has 12 aromatic rings.